The number of hydrogen-bond donors (Lipinski definition) is 3. The van der Waals surface area contributed by atoms with Crippen LogP contribution in [0, 0.1) is 23.7 Å². The van der Waals surface area contributed by atoms with Gasteiger partial charge in [0.1, 0.15) is 5.75 Å². The first-order valence-electron chi connectivity index (χ1n) is 13.9. The monoisotopic (exact) mass is 593 g/mol. The maximum Gasteiger partial charge on any atom is 0.417 e. The molecule has 1 saturated heterocycles. The quantitative estimate of drug-likeness (QED) is 0.437. The highest BCUT2D eigenvalue weighted by molar-refractivity contribution is 6.32. The number of benzene rings is 1. The summed E-state index contributed by atoms with van der Waals surface area (Å²) in [6, 6.07) is -0.430. The number of carbonyl (C=O) groups is 5. The van der Waals surface area contributed by atoms with Crippen LogP contribution in [0.1, 0.15) is 60.2 Å². The molecule has 0 spiro atoms. The number of amides is 1. The second-order valence-electron chi connectivity index (χ2n) is 12.9. The summed E-state index contributed by atoms with van der Waals surface area (Å²) < 4.78 is 44.2. The van der Waals surface area contributed by atoms with Gasteiger partial charge >= 0.3 is 6.18 Å². The largest absolute Gasteiger partial charge is 0.507 e. The molecule has 13 heteroatoms. The SMILES string of the molecule is CN(C)[C@@H]1C(=O)C(C(N)=O)C(=O)[C@@]2(O)C(=O)C3C(=O)c4c(O)cc(CN5CCCC5(C)C)c(C(F)(F)F)c4C[C@H]3C[C@@H]12. The van der Waals surface area contributed by atoms with E-state index in [9.17, 15) is 47.4 Å². The number of ketones is 4. The van der Waals surface area contributed by atoms with Crippen molar-refractivity contribution >= 4 is 29.0 Å². The van der Waals surface area contributed by atoms with Crippen molar-refractivity contribution in [3.63, 3.8) is 0 Å². The zero-order valence-corrected chi connectivity index (χ0v) is 23.7. The fourth-order valence-corrected chi connectivity index (χ4v) is 7.88. The van der Waals surface area contributed by atoms with Crippen LogP contribution in [0.3, 0.4) is 0 Å². The molecule has 1 amide bonds. The molecule has 2 unspecified atom stereocenters. The van der Waals surface area contributed by atoms with E-state index < -0.39 is 99.4 Å². The van der Waals surface area contributed by atoms with E-state index in [2.05, 4.69) is 0 Å². The van der Waals surface area contributed by atoms with E-state index in [4.69, 9.17) is 5.73 Å². The summed E-state index contributed by atoms with van der Waals surface area (Å²) in [5.41, 5.74) is -0.381. The van der Waals surface area contributed by atoms with Crippen molar-refractivity contribution in [1.29, 1.82) is 0 Å². The fraction of sp³-hybridized carbons (Fsp3) is 0.621. The zero-order chi connectivity index (χ0) is 31.3. The van der Waals surface area contributed by atoms with E-state index in [1.807, 2.05) is 18.7 Å². The van der Waals surface area contributed by atoms with Gasteiger partial charge in [0, 0.05) is 18.0 Å². The Hall–Kier alpha value is -3.16. The Morgan fingerprint density at radius 2 is 1.81 bits per heavy atom. The van der Waals surface area contributed by atoms with Crippen molar-refractivity contribution in [2.75, 3.05) is 20.6 Å². The van der Waals surface area contributed by atoms with E-state index in [0.717, 1.165) is 18.9 Å². The molecule has 1 heterocycles. The summed E-state index contributed by atoms with van der Waals surface area (Å²) in [7, 11) is 2.86. The number of hydrogen-bond acceptors (Lipinski definition) is 9. The molecule has 4 N–H and O–H groups in total. The number of likely N-dealkylation sites (N-methyl/N-ethyl adjacent to an activating group) is 1. The molecule has 228 valence electrons. The number of nitrogens with zero attached hydrogens (tertiary/aromatic N) is 2. The first kappa shape index (κ1) is 30.3. The van der Waals surface area contributed by atoms with Crippen molar-refractivity contribution in [1.82, 2.24) is 9.80 Å². The number of alkyl halides is 3. The third-order valence-corrected chi connectivity index (χ3v) is 9.86. The van der Waals surface area contributed by atoms with Gasteiger partial charge in [-0.05, 0) is 83.3 Å². The van der Waals surface area contributed by atoms with Gasteiger partial charge in [-0.25, -0.2) is 0 Å². The number of Topliss-reactive ketones (excluding diaryl/α,β-unsaturated/α-hetero) is 4. The molecule has 0 radical (unpaired) electrons. The molecule has 2 saturated carbocycles. The lowest BCUT2D eigenvalue weighted by atomic mass is 9.52. The molecule has 1 aliphatic heterocycles. The van der Waals surface area contributed by atoms with Crippen molar-refractivity contribution in [3.05, 3.63) is 28.3 Å². The van der Waals surface area contributed by atoms with E-state index in [1.165, 1.54) is 19.0 Å². The Morgan fingerprint density at radius 3 is 2.33 bits per heavy atom. The van der Waals surface area contributed by atoms with Gasteiger partial charge in [-0.1, -0.05) is 0 Å². The van der Waals surface area contributed by atoms with Crippen molar-refractivity contribution < 1.29 is 47.4 Å². The highest BCUT2D eigenvalue weighted by Crippen LogP contribution is 2.53. The summed E-state index contributed by atoms with van der Waals surface area (Å²) in [4.78, 5) is 69.5. The van der Waals surface area contributed by atoms with E-state index >= 15 is 0 Å². The Bertz CT molecular complexity index is 1420. The van der Waals surface area contributed by atoms with Crippen LogP contribution in [0.25, 0.3) is 0 Å². The standard InChI is InChI=1S/C29H34F3N3O7/c1-27(2)6-5-7-35(27)11-13-10-16(36)18-14(20(13)29(30,31)32)8-12-9-15-21(34(3)4)23(38)19(26(33)41)25(40)28(15,42)24(39)17(12)22(18)37/h10,12,15,17,19,21,36,42H,5-9,11H2,1-4H3,(H2,33,41)/t12-,15-,17?,19?,21-,28-/m0/s1. The number of carbonyl (C=O) groups excluding carboxylic acids is 5. The van der Waals surface area contributed by atoms with Crippen molar-refractivity contribution in [2.24, 2.45) is 29.4 Å². The van der Waals surface area contributed by atoms with Gasteiger partial charge in [-0.15, -0.1) is 0 Å². The number of primary amides is 1. The minimum Gasteiger partial charge on any atom is -0.507 e. The lowest BCUT2D eigenvalue weighted by molar-refractivity contribution is -0.181. The molecular formula is C29H34F3N3O7. The minimum atomic E-state index is -4.90. The Labute approximate surface area is 240 Å². The average molecular weight is 594 g/mol. The number of phenols is 1. The van der Waals surface area contributed by atoms with E-state index in [-0.39, 0.29) is 24.1 Å². The third-order valence-electron chi connectivity index (χ3n) is 9.86. The molecule has 6 atom stereocenters. The zero-order valence-electron chi connectivity index (χ0n) is 23.7. The minimum absolute atomic E-state index is 0.119. The number of fused-ring (bicyclic) bond motifs is 3. The second kappa shape index (κ2) is 9.68. The van der Waals surface area contributed by atoms with Crippen LogP contribution >= 0.6 is 0 Å². The first-order valence-corrected chi connectivity index (χ1v) is 13.9. The molecular weight excluding hydrogens is 559 g/mol. The molecule has 1 aromatic rings. The molecule has 0 aromatic heterocycles. The van der Waals surface area contributed by atoms with Crippen molar-refractivity contribution in [3.8, 4) is 5.75 Å². The van der Waals surface area contributed by atoms with Crippen LogP contribution in [0.2, 0.25) is 0 Å². The van der Waals surface area contributed by atoms with Gasteiger partial charge in [0.05, 0.1) is 23.1 Å². The van der Waals surface area contributed by atoms with Gasteiger partial charge in [0.25, 0.3) is 0 Å². The number of likely N-dealkylation sites (tertiary alicyclic amines) is 1. The first-order chi connectivity index (χ1) is 19.3. The van der Waals surface area contributed by atoms with Crippen LogP contribution in [0.15, 0.2) is 6.07 Å². The molecule has 4 aliphatic rings. The topological polar surface area (TPSA) is 158 Å². The maximum absolute atomic E-state index is 14.7. The van der Waals surface area contributed by atoms with Crippen LogP contribution < -0.4 is 5.73 Å². The number of rotatable bonds is 4. The smallest absolute Gasteiger partial charge is 0.417 e. The number of aromatic hydroxyl groups is 1. The highest BCUT2D eigenvalue weighted by Gasteiger charge is 2.69. The molecule has 5 rings (SSSR count). The van der Waals surface area contributed by atoms with Crippen LogP contribution in [-0.4, -0.2) is 86.9 Å². The van der Waals surface area contributed by atoms with E-state index in [0.29, 0.717) is 6.54 Å². The third kappa shape index (κ3) is 4.22. The highest BCUT2D eigenvalue weighted by atomic mass is 19.4. The van der Waals surface area contributed by atoms with Crippen LogP contribution in [0.4, 0.5) is 13.2 Å². The Balaban J connectivity index is 1.65. The lowest BCUT2D eigenvalue weighted by Crippen LogP contribution is -2.74. The predicted octanol–water partition coefficient (Wildman–Crippen LogP) is 1.26. The summed E-state index contributed by atoms with van der Waals surface area (Å²) in [5.74, 6) is -13.3. The molecule has 3 aliphatic carbocycles. The Kier molecular flexibility index (Phi) is 6.98. The van der Waals surface area contributed by atoms with Crippen LogP contribution in [-0.2, 0) is 38.3 Å². The fourth-order valence-electron chi connectivity index (χ4n) is 7.88. The van der Waals surface area contributed by atoms with Gasteiger partial charge in [-0.2, -0.15) is 13.2 Å². The molecule has 3 fully saturated rings. The number of phenolic OH excluding ortho intramolecular Hbond substituents is 1. The molecule has 10 nitrogen and oxygen atoms in total. The summed E-state index contributed by atoms with van der Waals surface area (Å²) in [5, 5.41) is 22.5. The molecule has 42 heavy (non-hydrogen) atoms. The molecule has 0 bridgehead atoms. The number of aliphatic hydroxyl groups is 1. The Morgan fingerprint density at radius 1 is 1.17 bits per heavy atom. The van der Waals surface area contributed by atoms with Crippen molar-refractivity contribution in [2.45, 2.75) is 69.4 Å². The summed E-state index contributed by atoms with van der Waals surface area (Å²) in [6.07, 6.45) is -4.11. The van der Waals surface area contributed by atoms with Gasteiger partial charge < -0.3 is 15.9 Å². The van der Waals surface area contributed by atoms with Crippen LogP contribution in [0.5, 0.6) is 5.75 Å². The molecule has 1 aromatic carbocycles. The second-order valence-corrected chi connectivity index (χ2v) is 12.9. The normalized spacial score (nSPS) is 33.0. The van der Waals surface area contributed by atoms with Gasteiger partial charge in [0.15, 0.2) is 34.7 Å². The average Bonchev–Trinajstić information content (AvgIpc) is 3.17. The van der Waals surface area contributed by atoms with Gasteiger partial charge in [-0.3, -0.25) is 33.8 Å². The van der Waals surface area contributed by atoms with E-state index in [1.54, 1.807) is 0 Å². The predicted molar refractivity (Wildman–Crippen MR) is 140 cm³/mol. The lowest BCUT2D eigenvalue weighted by Gasteiger charge is -2.52. The summed E-state index contributed by atoms with van der Waals surface area (Å²) >= 11 is 0. The number of nitrogens with two attached hydrogens (primary N) is 1. The summed E-state index contributed by atoms with van der Waals surface area (Å²) in [6.45, 7) is 4.28. The van der Waals surface area contributed by atoms with Gasteiger partial charge in [0.2, 0.25) is 5.91 Å². The number of halogens is 3. The maximum atomic E-state index is 14.7.